The zero-order valence-electron chi connectivity index (χ0n) is 16.9. The van der Waals surface area contributed by atoms with Crippen molar-refractivity contribution in [1.82, 2.24) is 15.0 Å². The van der Waals surface area contributed by atoms with Gasteiger partial charge in [-0.2, -0.15) is 15.0 Å². The molecule has 3 N–H and O–H groups in total. The summed E-state index contributed by atoms with van der Waals surface area (Å²) in [6.45, 7) is 3.78. The molecule has 0 aliphatic rings. The Morgan fingerprint density at radius 2 is 1.53 bits per heavy atom. The number of carbonyl (C=O) groups excluding carboxylic acids is 2. The second kappa shape index (κ2) is 9.60. The standard InChI is InChI=1S/C22H23N5O3/c1-14-3-7-16(8-4-14)18(28)11-12-20(29)30-13-19-25-21(23)27-22(26-19)24-17-9-5-15(2)6-10-17/h3-10H,11-13H2,1-2H3,(H3,23,24,25,26,27). The lowest BCUT2D eigenvalue weighted by Gasteiger charge is -2.08. The van der Waals surface area contributed by atoms with E-state index in [1.165, 1.54) is 0 Å². The van der Waals surface area contributed by atoms with Crippen LogP contribution in [0.15, 0.2) is 48.5 Å². The van der Waals surface area contributed by atoms with Crippen LogP contribution in [0.4, 0.5) is 17.6 Å². The highest BCUT2D eigenvalue weighted by Gasteiger charge is 2.12. The molecule has 0 fully saturated rings. The van der Waals surface area contributed by atoms with Crippen molar-refractivity contribution in [2.24, 2.45) is 0 Å². The second-order valence-electron chi connectivity index (χ2n) is 6.87. The van der Waals surface area contributed by atoms with Crippen LogP contribution in [0.2, 0.25) is 0 Å². The van der Waals surface area contributed by atoms with E-state index in [9.17, 15) is 9.59 Å². The van der Waals surface area contributed by atoms with Gasteiger partial charge in [0.05, 0.1) is 6.42 Å². The molecule has 0 bridgehead atoms. The molecule has 0 atom stereocenters. The topological polar surface area (TPSA) is 120 Å². The molecule has 1 aromatic heterocycles. The zero-order valence-corrected chi connectivity index (χ0v) is 16.9. The van der Waals surface area contributed by atoms with Crippen LogP contribution in [-0.4, -0.2) is 26.7 Å². The lowest BCUT2D eigenvalue weighted by molar-refractivity contribution is -0.145. The molecule has 0 saturated carbocycles. The number of Topliss-reactive ketones (excluding diaryl/α,β-unsaturated/α-hetero) is 1. The molecule has 0 amide bonds. The van der Waals surface area contributed by atoms with Crippen molar-refractivity contribution in [3.8, 4) is 0 Å². The number of nitrogens with two attached hydrogens (primary N) is 1. The lowest BCUT2D eigenvalue weighted by atomic mass is 10.1. The van der Waals surface area contributed by atoms with Gasteiger partial charge in [-0.1, -0.05) is 47.5 Å². The molecule has 0 aliphatic heterocycles. The fraction of sp³-hybridized carbons (Fsp3) is 0.227. The van der Waals surface area contributed by atoms with Crippen LogP contribution >= 0.6 is 0 Å². The van der Waals surface area contributed by atoms with E-state index in [4.69, 9.17) is 10.5 Å². The van der Waals surface area contributed by atoms with E-state index in [0.717, 1.165) is 16.8 Å². The number of nitrogen functional groups attached to an aromatic ring is 1. The highest BCUT2D eigenvalue weighted by atomic mass is 16.5. The van der Waals surface area contributed by atoms with Crippen LogP contribution in [0.5, 0.6) is 0 Å². The summed E-state index contributed by atoms with van der Waals surface area (Å²) >= 11 is 0. The number of ether oxygens (including phenoxy) is 1. The highest BCUT2D eigenvalue weighted by molar-refractivity contribution is 5.97. The van der Waals surface area contributed by atoms with Crippen LogP contribution in [0.3, 0.4) is 0 Å². The van der Waals surface area contributed by atoms with Crippen molar-refractivity contribution in [3.05, 3.63) is 71.0 Å². The van der Waals surface area contributed by atoms with E-state index < -0.39 is 5.97 Å². The van der Waals surface area contributed by atoms with E-state index in [0.29, 0.717) is 5.56 Å². The van der Waals surface area contributed by atoms with Gasteiger partial charge < -0.3 is 15.8 Å². The molecule has 0 saturated heterocycles. The minimum Gasteiger partial charge on any atom is -0.457 e. The monoisotopic (exact) mass is 405 g/mol. The first-order chi connectivity index (χ1) is 14.4. The third kappa shape index (κ3) is 6.10. The van der Waals surface area contributed by atoms with Gasteiger partial charge in [-0.15, -0.1) is 0 Å². The molecular formula is C22H23N5O3. The minimum absolute atomic E-state index is 0.0141. The SMILES string of the molecule is Cc1ccc(Nc2nc(N)nc(COC(=O)CCC(=O)c3ccc(C)cc3)n2)cc1. The maximum absolute atomic E-state index is 12.2. The van der Waals surface area contributed by atoms with Gasteiger partial charge in [0.15, 0.2) is 18.2 Å². The number of carbonyl (C=O) groups is 2. The molecule has 0 unspecified atom stereocenters. The Kier molecular flexibility index (Phi) is 6.69. The van der Waals surface area contributed by atoms with Crippen molar-refractivity contribution in [2.75, 3.05) is 11.1 Å². The summed E-state index contributed by atoms with van der Waals surface area (Å²) in [5, 5.41) is 3.03. The van der Waals surface area contributed by atoms with Gasteiger partial charge in [-0.05, 0) is 26.0 Å². The molecule has 8 heteroatoms. The fourth-order valence-corrected chi connectivity index (χ4v) is 2.64. The van der Waals surface area contributed by atoms with Crippen LogP contribution in [0.25, 0.3) is 0 Å². The van der Waals surface area contributed by atoms with Crippen molar-refractivity contribution in [2.45, 2.75) is 33.3 Å². The number of esters is 1. The van der Waals surface area contributed by atoms with E-state index >= 15 is 0 Å². The Labute approximate surface area is 174 Å². The van der Waals surface area contributed by atoms with E-state index in [-0.39, 0.29) is 43.0 Å². The largest absolute Gasteiger partial charge is 0.457 e. The maximum Gasteiger partial charge on any atom is 0.306 e. The number of nitrogens with one attached hydrogen (secondary N) is 1. The van der Waals surface area contributed by atoms with Crippen LogP contribution < -0.4 is 11.1 Å². The summed E-state index contributed by atoms with van der Waals surface area (Å²) in [6, 6.07) is 14.9. The summed E-state index contributed by atoms with van der Waals surface area (Å²) in [5.41, 5.74) is 9.30. The van der Waals surface area contributed by atoms with Crippen molar-refractivity contribution in [3.63, 3.8) is 0 Å². The summed E-state index contributed by atoms with van der Waals surface area (Å²) in [6.07, 6.45) is 0.0449. The first-order valence-electron chi connectivity index (χ1n) is 9.48. The number of hydrogen-bond acceptors (Lipinski definition) is 8. The quantitative estimate of drug-likeness (QED) is 0.431. The Morgan fingerprint density at radius 1 is 0.900 bits per heavy atom. The van der Waals surface area contributed by atoms with E-state index in [2.05, 4.69) is 20.3 Å². The fourth-order valence-electron chi connectivity index (χ4n) is 2.64. The van der Waals surface area contributed by atoms with Crippen LogP contribution in [-0.2, 0) is 16.1 Å². The van der Waals surface area contributed by atoms with Crippen molar-refractivity contribution < 1.29 is 14.3 Å². The Morgan fingerprint density at radius 3 is 2.20 bits per heavy atom. The zero-order chi connectivity index (χ0) is 21.5. The number of nitrogens with zero attached hydrogens (tertiary/aromatic N) is 3. The molecule has 1 heterocycles. The van der Waals surface area contributed by atoms with Crippen LogP contribution in [0.1, 0.15) is 40.2 Å². The van der Waals surface area contributed by atoms with Gasteiger partial charge >= 0.3 is 5.97 Å². The predicted molar refractivity (Wildman–Crippen MR) is 113 cm³/mol. The molecule has 154 valence electrons. The van der Waals surface area contributed by atoms with Gasteiger partial charge in [0.2, 0.25) is 11.9 Å². The average molecular weight is 405 g/mol. The number of aryl methyl sites for hydroxylation is 2. The molecular weight excluding hydrogens is 382 g/mol. The third-order valence-corrected chi connectivity index (χ3v) is 4.30. The molecule has 2 aromatic carbocycles. The van der Waals surface area contributed by atoms with Gasteiger partial charge in [0.1, 0.15) is 0 Å². The van der Waals surface area contributed by atoms with Crippen molar-refractivity contribution >= 4 is 29.3 Å². The molecule has 0 spiro atoms. The number of hydrogen-bond donors (Lipinski definition) is 2. The molecule has 8 nitrogen and oxygen atoms in total. The first kappa shape index (κ1) is 20.9. The Hall–Kier alpha value is -3.81. The molecule has 0 aliphatic carbocycles. The summed E-state index contributed by atoms with van der Waals surface area (Å²) < 4.78 is 5.18. The van der Waals surface area contributed by atoms with Crippen molar-refractivity contribution in [1.29, 1.82) is 0 Å². The summed E-state index contributed by atoms with van der Waals surface area (Å²) in [5.74, 6) is -0.133. The first-order valence-corrected chi connectivity index (χ1v) is 9.48. The minimum atomic E-state index is -0.512. The lowest BCUT2D eigenvalue weighted by Crippen LogP contribution is -2.12. The van der Waals surface area contributed by atoms with Gasteiger partial charge in [0, 0.05) is 17.7 Å². The molecule has 0 radical (unpaired) electrons. The van der Waals surface area contributed by atoms with Gasteiger partial charge in [-0.25, -0.2) is 0 Å². The van der Waals surface area contributed by atoms with Gasteiger partial charge in [0.25, 0.3) is 0 Å². The number of anilines is 3. The number of aromatic nitrogens is 3. The third-order valence-electron chi connectivity index (χ3n) is 4.30. The van der Waals surface area contributed by atoms with Gasteiger partial charge in [-0.3, -0.25) is 9.59 Å². The summed E-state index contributed by atoms with van der Waals surface area (Å²) in [7, 11) is 0. The molecule has 3 aromatic rings. The number of rotatable bonds is 8. The second-order valence-corrected chi connectivity index (χ2v) is 6.87. The highest BCUT2D eigenvalue weighted by Crippen LogP contribution is 2.15. The predicted octanol–water partition coefficient (Wildman–Crippen LogP) is 3.52. The Balaban J connectivity index is 1.52. The Bertz CT molecular complexity index is 1030. The summed E-state index contributed by atoms with van der Waals surface area (Å²) in [4.78, 5) is 36.4. The van der Waals surface area contributed by atoms with E-state index in [1.807, 2.05) is 50.2 Å². The van der Waals surface area contributed by atoms with Crippen LogP contribution in [0, 0.1) is 13.8 Å². The average Bonchev–Trinajstić information content (AvgIpc) is 2.72. The number of benzene rings is 2. The molecule has 3 rings (SSSR count). The smallest absolute Gasteiger partial charge is 0.306 e. The van der Waals surface area contributed by atoms with E-state index in [1.54, 1.807) is 12.1 Å². The normalized spacial score (nSPS) is 10.5. The molecule has 30 heavy (non-hydrogen) atoms. The number of ketones is 1. The maximum atomic E-state index is 12.2.